The second-order valence-electron chi connectivity index (χ2n) is 2.53. The van der Waals surface area contributed by atoms with Crippen molar-refractivity contribution in [2.45, 2.75) is 24.1 Å². The summed E-state index contributed by atoms with van der Waals surface area (Å²) in [5.74, 6) is -1.02. The molecule has 2 N–H and O–H groups in total. The molecule has 0 saturated carbocycles. The maximum atomic E-state index is 10.5. The molecule has 0 radical (unpaired) electrons. The average molecular weight is 221 g/mol. The summed E-state index contributed by atoms with van der Waals surface area (Å²) < 4.78 is 0. The van der Waals surface area contributed by atoms with Crippen molar-refractivity contribution in [3.63, 3.8) is 0 Å². The van der Waals surface area contributed by atoms with Gasteiger partial charge in [-0.3, -0.25) is 0 Å². The van der Waals surface area contributed by atoms with Gasteiger partial charge in [0.1, 0.15) is 5.76 Å². The van der Waals surface area contributed by atoms with Crippen LogP contribution in [0.4, 0.5) is 0 Å². The lowest BCUT2D eigenvalue weighted by Gasteiger charge is -2.17. The molecule has 1 aliphatic carbocycles. The van der Waals surface area contributed by atoms with Crippen LogP contribution in [-0.4, -0.2) is 21.0 Å². The molecule has 1 aliphatic rings. The lowest BCUT2D eigenvalue weighted by atomic mass is 9.98. The molecule has 1 unspecified atom stereocenters. The zero-order valence-electron chi connectivity index (χ0n) is 5.88. The van der Waals surface area contributed by atoms with Crippen LogP contribution in [0.2, 0.25) is 0 Å². The summed E-state index contributed by atoms with van der Waals surface area (Å²) in [6, 6.07) is 0. The fraction of sp³-hybridized carbons (Fsp3) is 0.571. The minimum absolute atomic E-state index is 0.0104. The molecule has 0 aliphatic heterocycles. The van der Waals surface area contributed by atoms with Gasteiger partial charge in [-0.1, -0.05) is 15.9 Å². The normalized spacial score (nSPS) is 25.4. The molecule has 1 rings (SSSR count). The molecule has 3 nitrogen and oxygen atoms in total. The first kappa shape index (κ1) is 8.59. The van der Waals surface area contributed by atoms with Gasteiger partial charge in [0.25, 0.3) is 0 Å². The van der Waals surface area contributed by atoms with E-state index in [0.717, 1.165) is 12.8 Å². The molecule has 4 heteroatoms. The first-order valence-electron chi connectivity index (χ1n) is 3.42. The Bertz CT molecular complexity index is 210. The Balaban J connectivity index is 2.89. The third-order valence-electron chi connectivity index (χ3n) is 1.75. The van der Waals surface area contributed by atoms with Gasteiger partial charge in [0, 0.05) is 0 Å². The van der Waals surface area contributed by atoms with E-state index in [1.165, 1.54) is 0 Å². The Labute approximate surface area is 72.9 Å². The molecule has 1 atom stereocenters. The van der Waals surface area contributed by atoms with Crippen LogP contribution in [-0.2, 0) is 4.79 Å². The van der Waals surface area contributed by atoms with Crippen molar-refractivity contribution in [2.75, 3.05) is 0 Å². The van der Waals surface area contributed by atoms with Gasteiger partial charge in [-0.05, 0) is 19.3 Å². The molecule has 0 amide bonds. The maximum Gasteiger partial charge on any atom is 0.335 e. The summed E-state index contributed by atoms with van der Waals surface area (Å²) in [5, 5.41) is 17.8. The monoisotopic (exact) mass is 220 g/mol. The second-order valence-corrected chi connectivity index (χ2v) is 3.63. The van der Waals surface area contributed by atoms with Crippen molar-refractivity contribution in [2.24, 2.45) is 0 Å². The van der Waals surface area contributed by atoms with Gasteiger partial charge >= 0.3 is 5.97 Å². The molecule has 0 bridgehead atoms. The van der Waals surface area contributed by atoms with Crippen LogP contribution < -0.4 is 0 Å². The number of aliphatic carboxylic acids is 1. The Morgan fingerprint density at radius 2 is 2.27 bits per heavy atom. The van der Waals surface area contributed by atoms with Crippen molar-refractivity contribution in [3.05, 3.63) is 11.3 Å². The molecule has 11 heavy (non-hydrogen) atoms. The molecule has 0 aromatic carbocycles. The number of aliphatic hydroxyl groups excluding tert-OH is 1. The summed E-state index contributed by atoms with van der Waals surface area (Å²) in [6.07, 6.45) is 2.10. The summed E-state index contributed by atoms with van der Waals surface area (Å²) in [7, 11) is 0. The summed E-state index contributed by atoms with van der Waals surface area (Å²) in [5.41, 5.74) is 0.151. The zero-order valence-corrected chi connectivity index (χ0v) is 7.47. The number of carboxylic acids is 1. The molecule has 0 aromatic heterocycles. The van der Waals surface area contributed by atoms with E-state index in [4.69, 9.17) is 5.11 Å². The molecule has 0 fully saturated rings. The van der Waals surface area contributed by atoms with Crippen LogP contribution in [0.5, 0.6) is 0 Å². The smallest absolute Gasteiger partial charge is 0.335 e. The Morgan fingerprint density at radius 1 is 1.64 bits per heavy atom. The van der Waals surface area contributed by atoms with E-state index in [9.17, 15) is 9.90 Å². The van der Waals surface area contributed by atoms with E-state index >= 15 is 0 Å². The minimum atomic E-state index is -1.01. The van der Waals surface area contributed by atoms with Gasteiger partial charge in [-0.25, -0.2) is 4.79 Å². The van der Waals surface area contributed by atoms with Gasteiger partial charge in [0.2, 0.25) is 0 Å². The predicted molar refractivity (Wildman–Crippen MR) is 43.9 cm³/mol. The summed E-state index contributed by atoms with van der Waals surface area (Å²) in [4.78, 5) is 10.3. The van der Waals surface area contributed by atoms with Gasteiger partial charge < -0.3 is 10.2 Å². The molecule has 0 heterocycles. The highest BCUT2D eigenvalue weighted by atomic mass is 79.9. The van der Waals surface area contributed by atoms with Crippen LogP contribution >= 0.6 is 15.9 Å². The van der Waals surface area contributed by atoms with Crippen molar-refractivity contribution in [3.8, 4) is 0 Å². The highest BCUT2D eigenvalue weighted by Gasteiger charge is 2.24. The molecule has 0 aromatic rings. The predicted octanol–water partition coefficient (Wildman–Crippen LogP) is 1.83. The molecule has 62 valence electrons. The first-order chi connectivity index (χ1) is 5.13. The molecular weight excluding hydrogens is 212 g/mol. The standard InChI is InChI=1S/C7H9BrO3/c8-5-3-1-2-4(6(5)9)7(10)11/h5,9H,1-3H2,(H,10,11). The number of aliphatic hydroxyl groups is 1. The van der Waals surface area contributed by atoms with Gasteiger partial charge in [0.05, 0.1) is 10.4 Å². The third-order valence-corrected chi connectivity index (χ3v) is 2.64. The van der Waals surface area contributed by atoms with E-state index in [1.54, 1.807) is 0 Å². The molecular formula is C7H9BrO3. The van der Waals surface area contributed by atoms with Crippen LogP contribution in [0.15, 0.2) is 11.3 Å². The van der Waals surface area contributed by atoms with Gasteiger partial charge in [-0.15, -0.1) is 0 Å². The maximum absolute atomic E-state index is 10.5. The highest BCUT2D eigenvalue weighted by molar-refractivity contribution is 9.09. The van der Waals surface area contributed by atoms with Gasteiger partial charge in [-0.2, -0.15) is 0 Å². The quantitative estimate of drug-likeness (QED) is 0.664. The number of carbonyl (C=O) groups is 1. The third kappa shape index (κ3) is 1.74. The van der Waals surface area contributed by atoms with Gasteiger partial charge in [0.15, 0.2) is 0 Å². The number of hydrogen-bond donors (Lipinski definition) is 2. The van der Waals surface area contributed by atoms with Crippen LogP contribution in [0.1, 0.15) is 19.3 Å². The average Bonchev–Trinajstić information content (AvgIpc) is 1.94. The molecule has 0 saturated heterocycles. The second kappa shape index (κ2) is 3.26. The molecule has 0 spiro atoms. The lowest BCUT2D eigenvalue weighted by Crippen LogP contribution is -2.16. The summed E-state index contributed by atoms with van der Waals surface area (Å²) >= 11 is 3.19. The van der Waals surface area contributed by atoms with E-state index in [1.807, 2.05) is 0 Å². The summed E-state index contributed by atoms with van der Waals surface area (Å²) in [6.45, 7) is 0. The van der Waals surface area contributed by atoms with Crippen molar-refractivity contribution < 1.29 is 15.0 Å². The minimum Gasteiger partial charge on any atom is -0.511 e. The van der Waals surface area contributed by atoms with Crippen molar-refractivity contribution in [1.82, 2.24) is 0 Å². The van der Waals surface area contributed by atoms with E-state index < -0.39 is 5.97 Å². The number of rotatable bonds is 1. The highest BCUT2D eigenvalue weighted by Crippen LogP contribution is 2.28. The van der Waals surface area contributed by atoms with Crippen molar-refractivity contribution >= 4 is 21.9 Å². The Kier molecular flexibility index (Phi) is 2.54. The lowest BCUT2D eigenvalue weighted by molar-refractivity contribution is -0.133. The largest absolute Gasteiger partial charge is 0.511 e. The number of alkyl halides is 1. The number of allylic oxidation sites excluding steroid dienone is 1. The van der Waals surface area contributed by atoms with Crippen LogP contribution in [0, 0.1) is 0 Å². The number of hydrogen-bond acceptors (Lipinski definition) is 2. The zero-order chi connectivity index (χ0) is 8.43. The van der Waals surface area contributed by atoms with E-state index in [0.29, 0.717) is 6.42 Å². The van der Waals surface area contributed by atoms with E-state index in [2.05, 4.69) is 15.9 Å². The number of carboxylic acid groups (broad SMARTS) is 1. The van der Waals surface area contributed by atoms with Crippen LogP contribution in [0.3, 0.4) is 0 Å². The number of halogens is 1. The Hall–Kier alpha value is -0.510. The topological polar surface area (TPSA) is 57.5 Å². The fourth-order valence-electron chi connectivity index (χ4n) is 1.13. The first-order valence-corrected chi connectivity index (χ1v) is 4.34. The fourth-order valence-corrected chi connectivity index (χ4v) is 1.73. The Morgan fingerprint density at radius 3 is 2.73 bits per heavy atom. The SMILES string of the molecule is O=C(O)C1=C(O)C(Br)CCC1. The van der Waals surface area contributed by atoms with Crippen molar-refractivity contribution in [1.29, 1.82) is 0 Å². The van der Waals surface area contributed by atoms with Crippen LogP contribution in [0.25, 0.3) is 0 Å². The van der Waals surface area contributed by atoms with E-state index in [-0.39, 0.29) is 16.2 Å².